The normalized spacial score (nSPS) is 26.6. The Morgan fingerprint density at radius 3 is 2.57 bits per heavy atom. The van der Waals surface area contributed by atoms with Crippen LogP contribution in [0, 0.1) is 0 Å². The summed E-state index contributed by atoms with van der Waals surface area (Å²) in [6, 6.07) is 5.82. The number of piperidine rings is 1. The van der Waals surface area contributed by atoms with Crippen LogP contribution in [0.5, 0.6) is 0 Å². The lowest BCUT2D eigenvalue weighted by atomic mass is 9.82. The molecule has 1 aromatic rings. The molecule has 5 heteroatoms. The maximum Gasteiger partial charge on any atom is 0.416 e. The Bertz CT molecular complexity index is 515. The van der Waals surface area contributed by atoms with Gasteiger partial charge in [-0.1, -0.05) is 18.2 Å². The fourth-order valence-electron chi connectivity index (χ4n) is 4.06. The third kappa shape index (κ3) is 3.89. The van der Waals surface area contributed by atoms with Crippen LogP contribution in [0.25, 0.3) is 0 Å². The predicted molar refractivity (Wildman–Crippen MR) is 85.4 cm³/mol. The summed E-state index contributed by atoms with van der Waals surface area (Å²) in [6.07, 6.45) is 2.17. The molecule has 2 aliphatic rings. The zero-order chi connectivity index (χ0) is 16.3. The Kier molecular flexibility index (Phi) is 4.97. The van der Waals surface area contributed by atoms with E-state index in [2.05, 4.69) is 10.2 Å². The first-order valence-corrected chi connectivity index (χ1v) is 8.62. The van der Waals surface area contributed by atoms with E-state index in [0.29, 0.717) is 6.42 Å². The number of nitrogens with zero attached hydrogens (tertiary/aromatic N) is 1. The van der Waals surface area contributed by atoms with Crippen molar-refractivity contribution in [3.63, 3.8) is 0 Å². The van der Waals surface area contributed by atoms with E-state index >= 15 is 0 Å². The van der Waals surface area contributed by atoms with Gasteiger partial charge < -0.3 is 5.32 Å². The van der Waals surface area contributed by atoms with Crippen molar-refractivity contribution in [2.24, 2.45) is 0 Å². The van der Waals surface area contributed by atoms with Gasteiger partial charge in [0, 0.05) is 12.1 Å². The summed E-state index contributed by atoms with van der Waals surface area (Å²) >= 11 is 0. The SMILES string of the molecule is FC(F)(F)c1cccc(CC[C@@]2(N3CCCC3)CCCNC2)c1. The summed E-state index contributed by atoms with van der Waals surface area (Å²) in [5.41, 5.74) is 0.388. The number of hydrogen-bond acceptors (Lipinski definition) is 2. The fourth-order valence-corrected chi connectivity index (χ4v) is 4.06. The molecule has 1 aromatic carbocycles. The predicted octanol–water partition coefficient (Wildman–Crippen LogP) is 3.86. The van der Waals surface area contributed by atoms with E-state index in [-0.39, 0.29) is 5.54 Å². The lowest BCUT2D eigenvalue weighted by Gasteiger charge is -2.45. The maximum absolute atomic E-state index is 12.9. The first kappa shape index (κ1) is 16.8. The van der Waals surface area contributed by atoms with Crippen molar-refractivity contribution in [3.8, 4) is 0 Å². The average Bonchev–Trinajstić information content (AvgIpc) is 3.08. The molecule has 0 aliphatic carbocycles. The van der Waals surface area contributed by atoms with Crippen molar-refractivity contribution < 1.29 is 13.2 Å². The molecule has 0 aromatic heterocycles. The van der Waals surface area contributed by atoms with Gasteiger partial charge >= 0.3 is 6.18 Å². The molecule has 23 heavy (non-hydrogen) atoms. The van der Waals surface area contributed by atoms with Crippen LogP contribution in [0.15, 0.2) is 24.3 Å². The maximum atomic E-state index is 12.9. The molecule has 2 aliphatic heterocycles. The molecule has 2 heterocycles. The standard InChI is InChI=1S/C18H25F3N2/c19-18(20,21)16-6-3-5-15(13-16)7-9-17(8-4-10-22-14-17)23-11-1-2-12-23/h3,5-6,13,22H,1-2,4,7-12,14H2/t17-/m0/s1. The van der Waals surface area contributed by atoms with Gasteiger partial charge in [0.25, 0.3) is 0 Å². The number of nitrogens with one attached hydrogen (secondary N) is 1. The van der Waals surface area contributed by atoms with Gasteiger partial charge in [0.05, 0.1) is 5.56 Å². The van der Waals surface area contributed by atoms with Crippen LogP contribution in [0.1, 0.15) is 43.2 Å². The summed E-state index contributed by atoms with van der Waals surface area (Å²) in [4.78, 5) is 2.58. The Labute approximate surface area is 136 Å². The Morgan fingerprint density at radius 2 is 1.91 bits per heavy atom. The van der Waals surface area contributed by atoms with Gasteiger partial charge in [-0.05, 0) is 69.8 Å². The second kappa shape index (κ2) is 6.81. The highest BCUT2D eigenvalue weighted by molar-refractivity contribution is 5.26. The van der Waals surface area contributed by atoms with Crippen LogP contribution >= 0.6 is 0 Å². The largest absolute Gasteiger partial charge is 0.416 e. The molecule has 2 nitrogen and oxygen atoms in total. The monoisotopic (exact) mass is 326 g/mol. The second-order valence-corrected chi connectivity index (χ2v) is 6.90. The zero-order valence-corrected chi connectivity index (χ0v) is 13.5. The number of alkyl halides is 3. The molecule has 0 bridgehead atoms. The van der Waals surface area contributed by atoms with Crippen LogP contribution in [0.2, 0.25) is 0 Å². The van der Waals surface area contributed by atoms with Gasteiger partial charge in [0.15, 0.2) is 0 Å². The molecule has 0 saturated carbocycles. The highest BCUT2D eigenvalue weighted by atomic mass is 19.4. The summed E-state index contributed by atoms with van der Waals surface area (Å²) < 4.78 is 38.6. The van der Waals surface area contributed by atoms with Gasteiger partial charge in [-0.15, -0.1) is 0 Å². The minimum absolute atomic E-state index is 0.128. The van der Waals surface area contributed by atoms with Gasteiger partial charge in [0.1, 0.15) is 0 Å². The van der Waals surface area contributed by atoms with E-state index in [1.54, 1.807) is 0 Å². The summed E-state index contributed by atoms with van der Waals surface area (Å²) in [6.45, 7) is 4.28. The molecule has 2 fully saturated rings. The quantitative estimate of drug-likeness (QED) is 0.904. The van der Waals surface area contributed by atoms with Crippen LogP contribution in [0.3, 0.4) is 0 Å². The third-order valence-corrected chi connectivity index (χ3v) is 5.36. The molecular weight excluding hydrogens is 301 g/mol. The summed E-state index contributed by atoms with van der Waals surface area (Å²) in [7, 11) is 0. The number of rotatable bonds is 4. The number of hydrogen-bond donors (Lipinski definition) is 1. The fraction of sp³-hybridized carbons (Fsp3) is 0.667. The second-order valence-electron chi connectivity index (χ2n) is 6.90. The number of aryl methyl sites for hydroxylation is 1. The molecule has 1 atom stereocenters. The van der Waals surface area contributed by atoms with Gasteiger partial charge in [0.2, 0.25) is 0 Å². The number of halogens is 3. The molecule has 0 spiro atoms. The molecule has 0 amide bonds. The first-order chi connectivity index (χ1) is 11.0. The average molecular weight is 326 g/mol. The van der Waals surface area contributed by atoms with Crippen LogP contribution in [0.4, 0.5) is 13.2 Å². The van der Waals surface area contributed by atoms with Gasteiger partial charge in [-0.3, -0.25) is 4.90 Å². The molecule has 1 N–H and O–H groups in total. The minimum Gasteiger partial charge on any atom is -0.315 e. The topological polar surface area (TPSA) is 15.3 Å². The first-order valence-electron chi connectivity index (χ1n) is 8.62. The lowest BCUT2D eigenvalue weighted by molar-refractivity contribution is -0.137. The van der Waals surface area contributed by atoms with E-state index in [1.165, 1.54) is 25.0 Å². The van der Waals surface area contributed by atoms with E-state index in [1.807, 2.05) is 6.07 Å². The zero-order valence-electron chi connectivity index (χ0n) is 13.5. The lowest BCUT2D eigenvalue weighted by Crippen LogP contribution is -2.57. The van der Waals surface area contributed by atoms with Crippen molar-refractivity contribution in [3.05, 3.63) is 35.4 Å². The third-order valence-electron chi connectivity index (χ3n) is 5.36. The summed E-state index contributed by atoms with van der Waals surface area (Å²) in [5, 5.41) is 3.50. The molecule has 128 valence electrons. The van der Waals surface area contributed by atoms with Crippen molar-refractivity contribution in [1.82, 2.24) is 10.2 Å². The van der Waals surface area contributed by atoms with E-state index in [9.17, 15) is 13.2 Å². The smallest absolute Gasteiger partial charge is 0.315 e. The molecule has 2 saturated heterocycles. The Morgan fingerprint density at radius 1 is 1.13 bits per heavy atom. The van der Waals surface area contributed by atoms with Gasteiger partial charge in [-0.25, -0.2) is 0 Å². The molecule has 3 rings (SSSR count). The van der Waals surface area contributed by atoms with E-state index in [0.717, 1.165) is 57.1 Å². The van der Waals surface area contributed by atoms with Crippen molar-refractivity contribution >= 4 is 0 Å². The minimum atomic E-state index is -4.25. The Hall–Kier alpha value is -1.07. The van der Waals surface area contributed by atoms with Crippen molar-refractivity contribution in [2.75, 3.05) is 26.2 Å². The summed E-state index contributed by atoms with van der Waals surface area (Å²) in [5.74, 6) is 0. The highest BCUT2D eigenvalue weighted by Crippen LogP contribution is 2.34. The van der Waals surface area contributed by atoms with E-state index < -0.39 is 11.7 Å². The van der Waals surface area contributed by atoms with E-state index in [4.69, 9.17) is 0 Å². The highest BCUT2D eigenvalue weighted by Gasteiger charge is 2.38. The molecule has 0 radical (unpaired) electrons. The molecule has 0 unspecified atom stereocenters. The van der Waals surface area contributed by atoms with Crippen molar-refractivity contribution in [1.29, 1.82) is 0 Å². The Balaban J connectivity index is 1.71. The van der Waals surface area contributed by atoms with Crippen LogP contribution in [-0.2, 0) is 12.6 Å². The van der Waals surface area contributed by atoms with Crippen molar-refractivity contribution in [2.45, 2.75) is 50.2 Å². The molecular formula is C18H25F3N2. The number of benzene rings is 1. The van der Waals surface area contributed by atoms with Crippen LogP contribution < -0.4 is 5.32 Å². The van der Waals surface area contributed by atoms with Crippen LogP contribution in [-0.4, -0.2) is 36.6 Å². The number of likely N-dealkylation sites (tertiary alicyclic amines) is 1. The van der Waals surface area contributed by atoms with Gasteiger partial charge in [-0.2, -0.15) is 13.2 Å².